The number of hydrogen-bond donors (Lipinski definition) is 1. The van der Waals surface area contributed by atoms with E-state index in [1.165, 1.54) is 5.57 Å². The second-order valence-corrected chi connectivity index (χ2v) is 4.81. The van der Waals surface area contributed by atoms with Gasteiger partial charge in [0.25, 0.3) is 5.91 Å². The Labute approximate surface area is 105 Å². The number of nitrogens with one attached hydrogen (secondary N) is 1. The van der Waals surface area contributed by atoms with Crippen molar-refractivity contribution in [1.82, 2.24) is 5.32 Å². The summed E-state index contributed by atoms with van der Waals surface area (Å²) < 4.78 is 1.02. The van der Waals surface area contributed by atoms with Gasteiger partial charge in [0.2, 0.25) is 0 Å². The number of rotatable bonds is 3. The topological polar surface area (TPSA) is 29.1 Å². The monoisotopic (exact) mass is 281 g/mol. The lowest BCUT2D eigenvalue weighted by molar-refractivity contribution is 0.0958. The molecular formula is C13H16BrNO. The Morgan fingerprint density at radius 3 is 2.69 bits per heavy atom. The van der Waals surface area contributed by atoms with Gasteiger partial charge in [-0.1, -0.05) is 27.6 Å². The van der Waals surface area contributed by atoms with Gasteiger partial charge in [-0.05, 0) is 44.5 Å². The van der Waals surface area contributed by atoms with Crippen LogP contribution < -0.4 is 5.32 Å². The first-order valence-corrected chi connectivity index (χ1v) is 5.97. The van der Waals surface area contributed by atoms with Crippen molar-refractivity contribution in [2.45, 2.75) is 20.8 Å². The Hall–Kier alpha value is -1.09. The molecule has 0 aromatic heterocycles. The predicted molar refractivity (Wildman–Crippen MR) is 70.6 cm³/mol. The Morgan fingerprint density at radius 1 is 1.44 bits per heavy atom. The predicted octanol–water partition coefficient (Wildman–Crippen LogP) is 3.45. The number of benzene rings is 1. The van der Waals surface area contributed by atoms with Crippen molar-refractivity contribution < 1.29 is 4.79 Å². The van der Waals surface area contributed by atoms with Crippen LogP contribution in [0.15, 0.2) is 34.3 Å². The summed E-state index contributed by atoms with van der Waals surface area (Å²) >= 11 is 3.41. The Balaban J connectivity index is 2.66. The van der Waals surface area contributed by atoms with E-state index < -0.39 is 0 Å². The van der Waals surface area contributed by atoms with Crippen LogP contribution >= 0.6 is 15.9 Å². The molecule has 0 radical (unpaired) electrons. The third kappa shape index (κ3) is 3.81. The summed E-state index contributed by atoms with van der Waals surface area (Å²) in [7, 11) is 0. The fourth-order valence-electron chi connectivity index (χ4n) is 1.24. The van der Waals surface area contributed by atoms with Gasteiger partial charge in [0, 0.05) is 16.6 Å². The summed E-state index contributed by atoms with van der Waals surface area (Å²) in [6.07, 6.45) is 1.99. The first kappa shape index (κ1) is 13.0. The molecule has 1 rings (SSSR count). The molecule has 16 heavy (non-hydrogen) atoms. The van der Waals surface area contributed by atoms with Crippen LogP contribution in [0.1, 0.15) is 29.8 Å². The molecule has 86 valence electrons. The number of carbonyl (C=O) groups is 1. The van der Waals surface area contributed by atoms with E-state index in [-0.39, 0.29) is 5.91 Å². The summed E-state index contributed by atoms with van der Waals surface area (Å²) in [5.41, 5.74) is 2.96. The van der Waals surface area contributed by atoms with Crippen molar-refractivity contribution in [2.24, 2.45) is 0 Å². The maximum absolute atomic E-state index is 11.7. The zero-order valence-corrected chi connectivity index (χ0v) is 11.4. The lowest BCUT2D eigenvalue weighted by Gasteiger charge is -2.05. The molecule has 0 saturated carbocycles. The Morgan fingerprint density at radius 2 is 2.12 bits per heavy atom. The summed E-state index contributed by atoms with van der Waals surface area (Å²) in [5.74, 6) is -0.0342. The highest BCUT2D eigenvalue weighted by atomic mass is 79.9. The van der Waals surface area contributed by atoms with Crippen LogP contribution in [-0.2, 0) is 0 Å². The average molecular weight is 282 g/mol. The number of hydrogen-bond acceptors (Lipinski definition) is 1. The first-order valence-electron chi connectivity index (χ1n) is 5.18. The highest BCUT2D eigenvalue weighted by Gasteiger charge is 2.05. The van der Waals surface area contributed by atoms with Gasteiger partial charge in [0.05, 0.1) is 0 Å². The molecule has 0 atom stereocenters. The molecule has 1 aromatic rings. The first-order chi connectivity index (χ1) is 7.50. The van der Waals surface area contributed by atoms with E-state index in [2.05, 4.69) is 21.2 Å². The zero-order chi connectivity index (χ0) is 12.1. The third-order valence-corrected chi connectivity index (χ3v) is 3.08. The largest absolute Gasteiger partial charge is 0.349 e. The lowest BCUT2D eigenvalue weighted by atomic mass is 10.1. The van der Waals surface area contributed by atoms with Crippen molar-refractivity contribution in [3.63, 3.8) is 0 Å². The highest BCUT2D eigenvalue weighted by molar-refractivity contribution is 9.10. The minimum Gasteiger partial charge on any atom is -0.349 e. The van der Waals surface area contributed by atoms with E-state index in [9.17, 15) is 4.79 Å². The van der Waals surface area contributed by atoms with Crippen LogP contribution in [-0.4, -0.2) is 12.5 Å². The van der Waals surface area contributed by atoms with Gasteiger partial charge >= 0.3 is 0 Å². The molecule has 0 aliphatic rings. The molecule has 1 N–H and O–H groups in total. The lowest BCUT2D eigenvalue weighted by Crippen LogP contribution is -2.23. The molecule has 0 aliphatic carbocycles. The van der Waals surface area contributed by atoms with E-state index in [4.69, 9.17) is 0 Å². The quantitative estimate of drug-likeness (QED) is 0.845. The fourth-order valence-corrected chi connectivity index (χ4v) is 1.48. The van der Waals surface area contributed by atoms with Crippen LogP contribution in [0, 0.1) is 6.92 Å². The second-order valence-electron chi connectivity index (χ2n) is 3.96. The van der Waals surface area contributed by atoms with Gasteiger partial charge in [-0.2, -0.15) is 0 Å². The van der Waals surface area contributed by atoms with E-state index in [0.717, 1.165) is 10.0 Å². The molecule has 0 unspecified atom stereocenters. The van der Waals surface area contributed by atoms with Crippen LogP contribution in [0.25, 0.3) is 0 Å². The normalized spacial score (nSPS) is 9.75. The van der Waals surface area contributed by atoms with Gasteiger partial charge in [-0.25, -0.2) is 0 Å². The van der Waals surface area contributed by atoms with E-state index >= 15 is 0 Å². The van der Waals surface area contributed by atoms with Crippen molar-refractivity contribution in [2.75, 3.05) is 6.54 Å². The standard InChI is InChI=1S/C13H16BrNO/c1-9(2)6-7-15-13(16)11-4-5-12(14)10(3)8-11/h4-6,8H,7H2,1-3H3,(H,15,16). The molecule has 0 bridgehead atoms. The van der Waals surface area contributed by atoms with Crippen LogP contribution in [0.3, 0.4) is 0 Å². The smallest absolute Gasteiger partial charge is 0.251 e. The van der Waals surface area contributed by atoms with Gasteiger partial charge < -0.3 is 5.32 Å². The van der Waals surface area contributed by atoms with E-state index in [0.29, 0.717) is 12.1 Å². The number of carbonyl (C=O) groups excluding carboxylic acids is 1. The van der Waals surface area contributed by atoms with Crippen LogP contribution in [0.4, 0.5) is 0 Å². The Kier molecular flexibility index (Phi) is 4.74. The number of allylic oxidation sites excluding steroid dienone is 1. The molecule has 0 aliphatic heterocycles. The van der Waals surface area contributed by atoms with Gasteiger partial charge in [0.15, 0.2) is 0 Å². The van der Waals surface area contributed by atoms with Crippen molar-refractivity contribution in [3.05, 3.63) is 45.4 Å². The van der Waals surface area contributed by atoms with Crippen molar-refractivity contribution >= 4 is 21.8 Å². The number of aryl methyl sites for hydroxylation is 1. The molecular weight excluding hydrogens is 266 g/mol. The zero-order valence-electron chi connectivity index (χ0n) is 9.80. The molecule has 3 heteroatoms. The molecule has 1 amide bonds. The maximum atomic E-state index is 11.7. The highest BCUT2D eigenvalue weighted by Crippen LogP contribution is 2.16. The minimum absolute atomic E-state index is 0.0342. The molecule has 0 heterocycles. The minimum atomic E-state index is -0.0342. The molecule has 1 aromatic carbocycles. The summed E-state index contributed by atoms with van der Waals surface area (Å²) in [6, 6.07) is 5.59. The van der Waals surface area contributed by atoms with Crippen molar-refractivity contribution in [1.29, 1.82) is 0 Å². The summed E-state index contributed by atoms with van der Waals surface area (Å²) in [4.78, 5) is 11.7. The summed E-state index contributed by atoms with van der Waals surface area (Å²) in [6.45, 7) is 6.57. The van der Waals surface area contributed by atoms with Crippen molar-refractivity contribution in [3.8, 4) is 0 Å². The van der Waals surface area contributed by atoms with Crippen LogP contribution in [0.5, 0.6) is 0 Å². The average Bonchev–Trinajstić information content (AvgIpc) is 2.21. The third-order valence-electron chi connectivity index (χ3n) is 2.19. The van der Waals surface area contributed by atoms with Gasteiger partial charge in [-0.15, -0.1) is 0 Å². The second kappa shape index (κ2) is 5.85. The number of amides is 1. The molecule has 0 spiro atoms. The van der Waals surface area contributed by atoms with E-state index in [1.807, 2.05) is 45.0 Å². The maximum Gasteiger partial charge on any atom is 0.251 e. The Bertz CT molecular complexity index is 420. The molecule has 2 nitrogen and oxygen atoms in total. The van der Waals surface area contributed by atoms with Gasteiger partial charge in [0.1, 0.15) is 0 Å². The fraction of sp³-hybridized carbons (Fsp3) is 0.308. The van der Waals surface area contributed by atoms with Crippen LogP contribution in [0.2, 0.25) is 0 Å². The summed E-state index contributed by atoms with van der Waals surface area (Å²) in [5, 5.41) is 2.85. The SMILES string of the molecule is CC(C)=CCNC(=O)c1ccc(Br)c(C)c1. The van der Waals surface area contributed by atoms with E-state index in [1.54, 1.807) is 0 Å². The molecule has 0 saturated heterocycles. The van der Waals surface area contributed by atoms with Gasteiger partial charge in [-0.3, -0.25) is 4.79 Å². The number of halogens is 1. The molecule has 0 fully saturated rings.